The van der Waals surface area contributed by atoms with Crippen LogP contribution in [0.4, 0.5) is 5.69 Å². The Bertz CT molecular complexity index is 889. The number of benzene rings is 1. The zero-order valence-electron chi connectivity index (χ0n) is 19.4. The molecule has 174 valence electrons. The van der Waals surface area contributed by atoms with Crippen LogP contribution in [-0.2, 0) is 16.0 Å². The lowest BCUT2D eigenvalue weighted by Gasteiger charge is -2.40. The van der Waals surface area contributed by atoms with Gasteiger partial charge in [0.1, 0.15) is 4.88 Å². The number of hydrogen-bond acceptors (Lipinski definition) is 5. The third-order valence-corrected chi connectivity index (χ3v) is 6.97. The molecule has 1 fully saturated rings. The van der Waals surface area contributed by atoms with Crippen molar-refractivity contribution in [1.29, 1.82) is 0 Å². The maximum atomic E-state index is 12.3. The maximum Gasteiger partial charge on any atom is 0.348 e. The predicted octanol–water partition coefficient (Wildman–Crippen LogP) is 6.06. The second-order valence-electron chi connectivity index (χ2n) is 8.84. The van der Waals surface area contributed by atoms with Gasteiger partial charge in [0, 0.05) is 23.0 Å². The number of carbonyl (C=O) groups is 2. The van der Waals surface area contributed by atoms with Crippen molar-refractivity contribution >= 4 is 28.9 Å². The van der Waals surface area contributed by atoms with Gasteiger partial charge in [-0.05, 0) is 69.4 Å². The minimum absolute atomic E-state index is 0.117. The summed E-state index contributed by atoms with van der Waals surface area (Å²) < 4.78 is 5.25. The number of aliphatic hydroxyl groups is 1. The number of anilines is 1. The van der Waals surface area contributed by atoms with E-state index in [1.54, 1.807) is 0 Å². The Morgan fingerprint density at radius 1 is 1.16 bits per heavy atom. The first-order chi connectivity index (χ1) is 15.4. The molecule has 1 saturated heterocycles. The van der Waals surface area contributed by atoms with Gasteiger partial charge in [0.25, 0.3) is 0 Å². The van der Waals surface area contributed by atoms with Gasteiger partial charge < -0.3 is 14.7 Å². The first kappa shape index (κ1) is 24.5. The summed E-state index contributed by atoms with van der Waals surface area (Å²) >= 11 is 1.49. The first-order valence-electron chi connectivity index (χ1n) is 11.8. The Morgan fingerprint density at radius 2 is 1.91 bits per heavy atom. The summed E-state index contributed by atoms with van der Waals surface area (Å²) in [5.41, 5.74) is 1.82. The average Bonchev–Trinajstić information content (AvgIpc) is 3.22. The lowest BCUT2D eigenvalue weighted by atomic mass is 9.94. The average molecular weight is 458 g/mol. The van der Waals surface area contributed by atoms with Gasteiger partial charge in [0.05, 0.1) is 12.2 Å². The molecule has 0 radical (unpaired) electrons. The number of esters is 1. The van der Waals surface area contributed by atoms with Gasteiger partial charge in [-0.2, -0.15) is 0 Å². The third kappa shape index (κ3) is 6.42. The lowest BCUT2D eigenvalue weighted by Crippen LogP contribution is -2.52. The Kier molecular flexibility index (Phi) is 8.88. The highest BCUT2D eigenvalue weighted by molar-refractivity contribution is 7.13. The zero-order valence-corrected chi connectivity index (χ0v) is 20.2. The summed E-state index contributed by atoms with van der Waals surface area (Å²) in [7, 11) is 0. The van der Waals surface area contributed by atoms with Crippen molar-refractivity contribution in [3.63, 3.8) is 0 Å². The number of β-lactam (4-membered cyclic amide) rings is 1. The van der Waals surface area contributed by atoms with Crippen LogP contribution in [0.2, 0.25) is 0 Å². The SMILES string of the molecule is CCCCCC(O)c1ccc(N2C(=O)C[C@@H]2CCCc2ccc(C(=O)OC(C)C)s2)cc1. The third-order valence-electron chi connectivity index (χ3n) is 5.85. The number of carbonyl (C=O) groups excluding carboxylic acids is 2. The van der Waals surface area contributed by atoms with E-state index < -0.39 is 6.10 Å². The van der Waals surface area contributed by atoms with Crippen LogP contribution in [-0.4, -0.2) is 29.1 Å². The van der Waals surface area contributed by atoms with E-state index in [0.717, 1.165) is 56.2 Å². The van der Waals surface area contributed by atoms with E-state index >= 15 is 0 Å². The van der Waals surface area contributed by atoms with Crippen molar-refractivity contribution in [3.05, 3.63) is 51.7 Å². The monoisotopic (exact) mass is 457 g/mol. The van der Waals surface area contributed by atoms with E-state index in [1.165, 1.54) is 16.2 Å². The smallest absolute Gasteiger partial charge is 0.348 e. The molecule has 1 aliphatic heterocycles. The van der Waals surface area contributed by atoms with Gasteiger partial charge in [0.2, 0.25) is 5.91 Å². The van der Waals surface area contributed by atoms with Gasteiger partial charge in [-0.25, -0.2) is 4.79 Å². The summed E-state index contributed by atoms with van der Waals surface area (Å²) in [5, 5.41) is 10.3. The van der Waals surface area contributed by atoms with Crippen molar-refractivity contribution in [3.8, 4) is 0 Å². The summed E-state index contributed by atoms with van der Waals surface area (Å²) in [6, 6.07) is 11.8. The molecule has 0 bridgehead atoms. The topological polar surface area (TPSA) is 66.8 Å². The van der Waals surface area contributed by atoms with Crippen LogP contribution in [0.1, 0.15) is 91.9 Å². The minimum Gasteiger partial charge on any atom is -0.459 e. The molecule has 2 atom stereocenters. The van der Waals surface area contributed by atoms with Crippen LogP contribution in [0, 0.1) is 0 Å². The largest absolute Gasteiger partial charge is 0.459 e. The quantitative estimate of drug-likeness (QED) is 0.239. The molecule has 0 spiro atoms. The van der Waals surface area contributed by atoms with Crippen LogP contribution in [0.5, 0.6) is 0 Å². The molecular weight excluding hydrogens is 422 g/mol. The molecule has 1 aliphatic rings. The molecule has 5 nitrogen and oxygen atoms in total. The molecular formula is C26H35NO4S. The summed E-state index contributed by atoms with van der Waals surface area (Å²) in [5.74, 6) is -0.105. The Hall–Kier alpha value is -2.18. The van der Waals surface area contributed by atoms with E-state index in [-0.39, 0.29) is 24.0 Å². The molecule has 1 aromatic carbocycles. The van der Waals surface area contributed by atoms with E-state index in [4.69, 9.17) is 4.74 Å². The predicted molar refractivity (Wildman–Crippen MR) is 129 cm³/mol. The number of hydrogen-bond donors (Lipinski definition) is 1. The van der Waals surface area contributed by atoms with E-state index in [2.05, 4.69) is 6.92 Å². The minimum atomic E-state index is -0.438. The molecule has 0 saturated carbocycles. The van der Waals surface area contributed by atoms with E-state index in [9.17, 15) is 14.7 Å². The van der Waals surface area contributed by atoms with E-state index in [1.807, 2.05) is 55.1 Å². The fourth-order valence-electron chi connectivity index (χ4n) is 4.09. The van der Waals surface area contributed by atoms with Crippen molar-refractivity contribution < 1.29 is 19.4 Å². The molecule has 32 heavy (non-hydrogen) atoms. The van der Waals surface area contributed by atoms with Gasteiger partial charge in [-0.3, -0.25) is 4.79 Å². The van der Waals surface area contributed by atoms with Crippen molar-refractivity contribution in [1.82, 2.24) is 0 Å². The number of rotatable bonds is 12. The van der Waals surface area contributed by atoms with Crippen molar-refractivity contribution in [2.24, 2.45) is 0 Å². The van der Waals surface area contributed by atoms with Gasteiger partial charge >= 0.3 is 5.97 Å². The molecule has 2 aromatic rings. The highest BCUT2D eigenvalue weighted by atomic mass is 32.1. The second kappa shape index (κ2) is 11.6. The molecule has 1 aromatic heterocycles. The van der Waals surface area contributed by atoms with Crippen LogP contribution >= 0.6 is 11.3 Å². The highest BCUT2D eigenvalue weighted by Crippen LogP contribution is 2.32. The van der Waals surface area contributed by atoms with Crippen molar-refractivity contribution in [2.75, 3.05) is 4.90 Å². The Morgan fingerprint density at radius 3 is 2.56 bits per heavy atom. The Labute approximate surface area is 195 Å². The van der Waals surface area contributed by atoms with Crippen LogP contribution in [0.3, 0.4) is 0 Å². The zero-order chi connectivity index (χ0) is 23.1. The summed E-state index contributed by atoms with van der Waals surface area (Å²) in [4.78, 5) is 28.0. The van der Waals surface area contributed by atoms with Crippen LogP contribution in [0.15, 0.2) is 36.4 Å². The fraction of sp³-hybridized carbons (Fsp3) is 0.538. The number of ether oxygens (including phenoxy) is 1. The molecule has 2 heterocycles. The van der Waals surface area contributed by atoms with Crippen molar-refractivity contribution in [2.45, 2.75) is 90.4 Å². The number of nitrogens with zero attached hydrogens (tertiary/aromatic N) is 1. The fourth-order valence-corrected chi connectivity index (χ4v) is 5.02. The number of unbranched alkanes of at least 4 members (excludes halogenated alkanes) is 2. The van der Waals surface area contributed by atoms with Crippen LogP contribution < -0.4 is 4.90 Å². The van der Waals surface area contributed by atoms with Crippen LogP contribution in [0.25, 0.3) is 0 Å². The Balaban J connectivity index is 1.49. The molecule has 1 N–H and O–H groups in total. The summed E-state index contributed by atoms with van der Waals surface area (Å²) in [6.07, 6.45) is 6.88. The number of amides is 1. The molecule has 0 aliphatic carbocycles. The van der Waals surface area contributed by atoms with E-state index in [0.29, 0.717) is 11.3 Å². The number of aryl methyl sites for hydroxylation is 1. The molecule has 6 heteroatoms. The van der Waals surface area contributed by atoms with Gasteiger partial charge in [-0.15, -0.1) is 11.3 Å². The lowest BCUT2D eigenvalue weighted by molar-refractivity contribution is -0.124. The number of aliphatic hydroxyl groups excluding tert-OH is 1. The number of thiophene rings is 1. The van der Waals surface area contributed by atoms with Gasteiger partial charge in [-0.1, -0.05) is 38.3 Å². The maximum absolute atomic E-state index is 12.3. The highest BCUT2D eigenvalue weighted by Gasteiger charge is 2.36. The molecule has 3 rings (SSSR count). The standard InChI is InChI=1S/C26H35NO4S/c1-4-5-6-10-23(28)19-11-13-20(14-12-19)27-21(17-25(27)29)8-7-9-22-15-16-24(32-22)26(30)31-18(2)3/h11-16,18,21,23,28H,4-10,17H2,1-3H3/t21-,23?/m0/s1. The molecule has 1 amide bonds. The molecule has 1 unspecified atom stereocenters. The van der Waals surface area contributed by atoms with Gasteiger partial charge in [0.15, 0.2) is 0 Å². The normalized spacial score (nSPS) is 16.8. The summed E-state index contributed by atoms with van der Waals surface area (Å²) in [6.45, 7) is 5.85. The second-order valence-corrected chi connectivity index (χ2v) is 10.0. The first-order valence-corrected chi connectivity index (χ1v) is 12.6.